The Bertz CT molecular complexity index is 488. The zero-order valence-electron chi connectivity index (χ0n) is 10.2. The molecule has 0 aliphatic heterocycles. The Balaban J connectivity index is 2.97. The molecule has 0 fully saturated rings. The number of amides is 1. The number of nitrogens with two attached hydrogens (primary N) is 1. The van der Waals surface area contributed by atoms with Crippen molar-refractivity contribution in [3.63, 3.8) is 0 Å². The number of rotatable bonds is 4. The van der Waals surface area contributed by atoms with Gasteiger partial charge in [-0.2, -0.15) is 13.2 Å². The normalized spacial score (nSPS) is 11.2. The standard InChI is InChI=1S/C12H13F3N2OS/c1-2-17(7-12(13,14)15)11(18)9-5-3-4-8(6-9)10(16)19/h3-6H,2,7H2,1H3,(H2,16,19). The van der Waals surface area contributed by atoms with Gasteiger partial charge in [-0.1, -0.05) is 24.4 Å². The highest BCUT2D eigenvalue weighted by molar-refractivity contribution is 7.80. The molecule has 0 unspecified atom stereocenters. The maximum Gasteiger partial charge on any atom is 0.406 e. The molecule has 2 N–H and O–H groups in total. The first-order chi connectivity index (χ1) is 8.74. The minimum absolute atomic E-state index is 0.0321. The zero-order valence-corrected chi connectivity index (χ0v) is 11.0. The Morgan fingerprint density at radius 1 is 1.37 bits per heavy atom. The van der Waals surface area contributed by atoms with Crippen LogP contribution in [0.15, 0.2) is 24.3 Å². The summed E-state index contributed by atoms with van der Waals surface area (Å²) in [6.45, 7) is 0.177. The summed E-state index contributed by atoms with van der Waals surface area (Å²) in [4.78, 5) is 12.8. The summed E-state index contributed by atoms with van der Waals surface area (Å²) in [6, 6.07) is 5.95. The topological polar surface area (TPSA) is 46.3 Å². The molecule has 1 aromatic carbocycles. The summed E-state index contributed by atoms with van der Waals surface area (Å²) < 4.78 is 37.0. The van der Waals surface area contributed by atoms with E-state index in [-0.39, 0.29) is 17.1 Å². The lowest BCUT2D eigenvalue weighted by molar-refractivity contribution is -0.140. The van der Waals surface area contributed by atoms with Crippen LogP contribution in [0, 0.1) is 0 Å². The van der Waals surface area contributed by atoms with Crippen LogP contribution < -0.4 is 5.73 Å². The van der Waals surface area contributed by atoms with Crippen LogP contribution in [0.2, 0.25) is 0 Å². The molecular weight excluding hydrogens is 277 g/mol. The average Bonchev–Trinajstić information content (AvgIpc) is 2.34. The van der Waals surface area contributed by atoms with Crippen molar-refractivity contribution in [1.29, 1.82) is 0 Å². The first-order valence-corrected chi connectivity index (χ1v) is 5.91. The first kappa shape index (κ1) is 15.4. The van der Waals surface area contributed by atoms with Crippen LogP contribution >= 0.6 is 12.2 Å². The van der Waals surface area contributed by atoms with E-state index in [2.05, 4.69) is 0 Å². The van der Waals surface area contributed by atoms with E-state index in [1.807, 2.05) is 0 Å². The maximum absolute atomic E-state index is 12.3. The SMILES string of the molecule is CCN(CC(F)(F)F)C(=O)c1cccc(C(N)=S)c1. The minimum atomic E-state index is -4.42. The molecule has 3 nitrogen and oxygen atoms in total. The van der Waals surface area contributed by atoms with Gasteiger partial charge >= 0.3 is 6.18 Å². The third-order valence-corrected chi connectivity index (χ3v) is 2.67. The fraction of sp³-hybridized carbons (Fsp3) is 0.333. The Morgan fingerprint density at radius 2 is 1.95 bits per heavy atom. The van der Waals surface area contributed by atoms with E-state index >= 15 is 0 Å². The van der Waals surface area contributed by atoms with Crippen LogP contribution in [0.1, 0.15) is 22.8 Å². The number of halogens is 3. The van der Waals surface area contributed by atoms with Crippen molar-refractivity contribution in [2.24, 2.45) is 5.73 Å². The lowest BCUT2D eigenvalue weighted by Gasteiger charge is -2.22. The van der Waals surface area contributed by atoms with E-state index in [9.17, 15) is 18.0 Å². The largest absolute Gasteiger partial charge is 0.406 e. The molecule has 0 radical (unpaired) electrons. The van der Waals surface area contributed by atoms with Crippen LogP contribution in [0.5, 0.6) is 0 Å². The zero-order chi connectivity index (χ0) is 14.6. The smallest absolute Gasteiger partial charge is 0.389 e. The lowest BCUT2D eigenvalue weighted by Crippen LogP contribution is -2.38. The summed E-state index contributed by atoms with van der Waals surface area (Å²) in [5.41, 5.74) is 6.00. The van der Waals surface area contributed by atoms with Crippen molar-refractivity contribution in [2.45, 2.75) is 13.1 Å². The van der Waals surface area contributed by atoms with Crippen molar-refractivity contribution in [3.8, 4) is 0 Å². The molecule has 104 valence electrons. The second-order valence-corrected chi connectivity index (χ2v) is 4.32. The Labute approximate surface area is 114 Å². The number of carbonyl (C=O) groups is 1. The van der Waals surface area contributed by atoms with Gasteiger partial charge in [0.15, 0.2) is 0 Å². The summed E-state index contributed by atoms with van der Waals surface area (Å²) in [7, 11) is 0. The Hall–Kier alpha value is -1.63. The van der Waals surface area contributed by atoms with Crippen molar-refractivity contribution < 1.29 is 18.0 Å². The molecule has 1 amide bonds. The molecule has 7 heteroatoms. The predicted molar refractivity (Wildman–Crippen MR) is 70.0 cm³/mol. The number of thiocarbonyl (C=S) groups is 1. The van der Waals surface area contributed by atoms with Crippen molar-refractivity contribution in [1.82, 2.24) is 4.90 Å². The van der Waals surface area contributed by atoms with Gasteiger partial charge in [0, 0.05) is 17.7 Å². The van der Waals surface area contributed by atoms with Crippen LogP contribution in [-0.4, -0.2) is 35.1 Å². The van der Waals surface area contributed by atoms with Crippen molar-refractivity contribution in [2.75, 3.05) is 13.1 Å². The van der Waals surface area contributed by atoms with Gasteiger partial charge in [-0.05, 0) is 19.1 Å². The maximum atomic E-state index is 12.3. The molecule has 0 saturated heterocycles. The second kappa shape index (κ2) is 6.01. The molecule has 19 heavy (non-hydrogen) atoms. The van der Waals surface area contributed by atoms with Crippen LogP contribution in [0.4, 0.5) is 13.2 Å². The van der Waals surface area contributed by atoms with E-state index in [1.165, 1.54) is 25.1 Å². The minimum Gasteiger partial charge on any atom is -0.389 e. The van der Waals surface area contributed by atoms with E-state index in [1.54, 1.807) is 6.07 Å². The molecule has 0 aliphatic carbocycles. The molecule has 1 aromatic rings. The van der Waals surface area contributed by atoms with Gasteiger partial charge in [-0.3, -0.25) is 4.79 Å². The van der Waals surface area contributed by atoms with E-state index < -0.39 is 18.6 Å². The second-order valence-electron chi connectivity index (χ2n) is 3.88. The number of alkyl halides is 3. The molecule has 1 rings (SSSR count). The monoisotopic (exact) mass is 290 g/mol. The predicted octanol–water partition coefficient (Wildman–Crippen LogP) is 2.35. The molecule has 0 saturated carbocycles. The third-order valence-electron chi connectivity index (χ3n) is 2.43. The molecule has 0 heterocycles. The number of hydrogen-bond acceptors (Lipinski definition) is 2. The highest BCUT2D eigenvalue weighted by Gasteiger charge is 2.32. The van der Waals surface area contributed by atoms with Gasteiger partial charge in [0.1, 0.15) is 11.5 Å². The van der Waals surface area contributed by atoms with Gasteiger partial charge in [-0.15, -0.1) is 0 Å². The van der Waals surface area contributed by atoms with Gasteiger partial charge in [-0.25, -0.2) is 0 Å². The molecule has 0 atom stereocenters. The van der Waals surface area contributed by atoms with E-state index in [0.717, 1.165) is 4.90 Å². The fourth-order valence-electron chi connectivity index (χ4n) is 1.53. The van der Waals surface area contributed by atoms with Gasteiger partial charge in [0.25, 0.3) is 5.91 Å². The highest BCUT2D eigenvalue weighted by Crippen LogP contribution is 2.18. The van der Waals surface area contributed by atoms with Crippen LogP contribution in [-0.2, 0) is 0 Å². The van der Waals surface area contributed by atoms with Crippen molar-refractivity contribution in [3.05, 3.63) is 35.4 Å². The quantitative estimate of drug-likeness (QED) is 0.866. The molecule has 0 aliphatic rings. The van der Waals surface area contributed by atoms with Crippen LogP contribution in [0.3, 0.4) is 0 Å². The van der Waals surface area contributed by atoms with Gasteiger partial charge in [0.05, 0.1) is 0 Å². The average molecular weight is 290 g/mol. The summed E-state index contributed by atoms with van der Waals surface area (Å²) in [5, 5.41) is 0. The number of benzene rings is 1. The Kier molecular flexibility index (Phi) is 4.88. The van der Waals surface area contributed by atoms with Gasteiger partial charge in [0.2, 0.25) is 0 Å². The molecule has 0 spiro atoms. The number of nitrogens with zero attached hydrogens (tertiary/aromatic N) is 1. The third kappa shape index (κ3) is 4.51. The lowest BCUT2D eigenvalue weighted by atomic mass is 10.1. The summed E-state index contributed by atoms with van der Waals surface area (Å²) in [6.07, 6.45) is -4.42. The molecule has 0 bridgehead atoms. The number of carbonyl (C=O) groups excluding carboxylic acids is 1. The van der Waals surface area contributed by atoms with Crippen molar-refractivity contribution >= 4 is 23.1 Å². The van der Waals surface area contributed by atoms with Crippen LogP contribution in [0.25, 0.3) is 0 Å². The molecule has 0 aromatic heterocycles. The molecular formula is C12H13F3N2OS. The van der Waals surface area contributed by atoms with E-state index in [4.69, 9.17) is 18.0 Å². The number of hydrogen-bond donors (Lipinski definition) is 1. The van der Waals surface area contributed by atoms with E-state index in [0.29, 0.717) is 5.56 Å². The Morgan fingerprint density at radius 3 is 2.42 bits per heavy atom. The summed E-state index contributed by atoms with van der Waals surface area (Å²) >= 11 is 4.76. The van der Waals surface area contributed by atoms with Gasteiger partial charge < -0.3 is 10.6 Å². The first-order valence-electron chi connectivity index (χ1n) is 5.50. The summed E-state index contributed by atoms with van der Waals surface area (Å²) in [5.74, 6) is -0.696. The highest BCUT2D eigenvalue weighted by atomic mass is 32.1. The fourth-order valence-corrected chi connectivity index (χ4v) is 1.66.